The largest absolute Gasteiger partial charge is 0.354 e. The van der Waals surface area contributed by atoms with Gasteiger partial charge in [-0.2, -0.15) is 10.2 Å². The van der Waals surface area contributed by atoms with E-state index in [9.17, 15) is 4.79 Å². The molecule has 6 nitrogen and oxygen atoms in total. The standard InChI is InChI=1S/C13H12N4O2/c14-8-11(10-4-2-1-3-5-10)13(18)15-7-6-12-16-9-17-19-12/h1-5,9,11H,6-7H2,(H,15,18). The molecule has 1 aromatic heterocycles. The Hall–Kier alpha value is -2.68. The van der Waals surface area contributed by atoms with Gasteiger partial charge in [-0.15, -0.1) is 0 Å². The van der Waals surface area contributed by atoms with Crippen LogP contribution in [0, 0.1) is 11.3 Å². The highest BCUT2D eigenvalue weighted by Gasteiger charge is 2.19. The summed E-state index contributed by atoms with van der Waals surface area (Å²) in [6.07, 6.45) is 1.75. The highest BCUT2D eigenvalue weighted by molar-refractivity contribution is 5.86. The van der Waals surface area contributed by atoms with Gasteiger partial charge in [0.2, 0.25) is 11.8 Å². The highest BCUT2D eigenvalue weighted by atomic mass is 16.5. The van der Waals surface area contributed by atoms with Crippen molar-refractivity contribution in [3.63, 3.8) is 0 Å². The monoisotopic (exact) mass is 256 g/mol. The first kappa shape index (κ1) is 12.8. The molecule has 1 N–H and O–H groups in total. The minimum absolute atomic E-state index is 0.326. The maximum absolute atomic E-state index is 11.9. The number of nitrogens with one attached hydrogen (secondary N) is 1. The summed E-state index contributed by atoms with van der Waals surface area (Å²) in [6, 6.07) is 10.9. The summed E-state index contributed by atoms with van der Waals surface area (Å²) in [5.41, 5.74) is 0.681. The fourth-order valence-electron chi connectivity index (χ4n) is 1.63. The van der Waals surface area contributed by atoms with Crippen LogP contribution in [-0.4, -0.2) is 22.6 Å². The van der Waals surface area contributed by atoms with Gasteiger partial charge in [0.25, 0.3) is 0 Å². The van der Waals surface area contributed by atoms with Crippen LogP contribution < -0.4 is 5.32 Å². The number of carbonyl (C=O) groups is 1. The zero-order valence-electron chi connectivity index (χ0n) is 10.1. The average molecular weight is 256 g/mol. The van der Waals surface area contributed by atoms with E-state index in [1.165, 1.54) is 6.33 Å². The van der Waals surface area contributed by atoms with E-state index in [4.69, 9.17) is 9.78 Å². The number of rotatable bonds is 5. The number of carbonyl (C=O) groups excluding carboxylic acids is 1. The van der Waals surface area contributed by atoms with Gasteiger partial charge < -0.3 is 9.84 Å². The van der Waals surface area contributed by atoms with Gasteiger partial charge in [-0.25, -0.2) is 0 Å². The molecular formula is C13H12N4O2. The van der Waals surface area contributed by atoms with E-state index in [-0.39, 0.29) is 5.91 Å². The maximum atomic E-state index is 11.9. The zero-order valence-corrected chi connectivity index (χ0v) is 10.1. The van der Waals surface area contributed by atoms with E-state index >= 15 is 0 Å². The van der Waals surface area contributed by atoms with Crippen molar-refractivity contribution in [2.45, 2.75) is 12.3 Å². The number of aromatic nitrogens is 2. The van der Waals surface area contributed by atoms with E-state index in [0.29, 0.717) is 24.4 Å². The third-order valence-corrected chi connectivity index (χ3v) is 2.57. The molecule has 1 amide bonds. The van der Waals surface area contributed by atoms with Gasteiger partial charge in [0.05, 0.1) is 6.07 Å². The Morgan fingerprint density at radius 1 is 1.42 bits per heavy atom. The first-order chi connectivity index (χ1) is 9.31. The molecule has 1 heterocycles. The molecule has 0 fully saturated rings. The summed E-state index contributed by atoms with van der Waals surface area (Å²) < 4.78 is 4.81. The lowest BCUT2D eigenvalue weighted by molar-refractivity contribution is -0.121. The van der Waals surface area contributed by atoms with Crippen LogP contribution in [0.25, 0.3) is 0 Å². The van der Waals surface area contributed by atoms with E-state index in [2.05, 4.69) is 15.5 Å². The predicted molar refractivity (Wildman–Crippen MR) is 65.8 cm³/mol. The minimum atomic E-state index is -0.802. The molecule has 0 aliphatic carbocycles. The smallest absolute Gasteiger partial charge is 0.241 e. The number of hydrogen-bond donors (Lipinski definition) is 1. The predicted octanol–water partition coefficient (Wildman–Crippen LogP) is 1.04. The summed E-state index contributed by atoms with van der Waals surface area (Å²) >= 11 is 0. The van der Waals surface area contributed by atoms with E-state index in [1.807, 2.05) is 12.1 Å². The van der Waals surface area contributed by atoms with Crippen LogP contribution in [0.5, 0.6) is 0 Å². The van der Waals surface area contributed by atoms with Crippen LogP contribution in [0.2, 0.25) is 0 Å². The van der Waals surface area contributed by atoms with E-state index in [1.54, 1.807) is 24.3 Å². The van der Waals surface area contributed by atoms with Gasteiger partial charge in [0.15, 0.2) is 6.33 Å². The van der Waals surface area contributed by atoms with Crippen molar-refractivity contribution in [1.29, 1.82) is 5.26 Å². The molecule has 0 aliphatic rings. The highest BCUT2D eigenvalue weighted by Crippen LogP contribution is 2.14. The van der Waals surface area contributed by atoms with Gasteiger partial charge in [-0.05, 0) is 5.56 Å². The van der Waals surface area contributed by atoms with Crippen LogP contribution >= 0.6 is 0 Å². The summed E-state index contributed by atoms with van der Waals surface area (Å²) in [7, 11) is 0. The van der Waals surface area contributed by atoms with Crippen LogP contribution in [0.3, 0.4) is 0 Å². The van der Waals surface area contributed by atoms with Gasteiger partial charge in [0, 0.05) is 13.0 Å². The number of nitriles is 1. The molecule has 0 spiro atoms. The van der Waals surface area contributed by atoms with Gasteiger partial charge in [-0.3, -0.25) is 4.79 Å². The lowest BCUT2D eigenvalue weighted by atomic mass is 10.00. The van der Waals surface area contributed by atoms with Crippen molar-refractivity contribution < 1.29 is 9.32 Å². The Morgan fingerprint density at radius 2 is 2.21 bits per heavy atom. The maximum Gasteiger partial charge on any atom is 0.241 e. The van der Waals surface area contributed by atoms with Crippen molar-refractivity contribution in [1.82, 2.24) is 15.5 Å². The molecule has 1 atom stereocenters. The van der Waals surface area contributed by atoms with Gasteiger partial charge in [-0.1, -0.05) is 35.5 Å². The molecular weight excluding hydrogens is 244 g/mol. The fraction of sp³-hybridized carbons (Fsp3) is 0.231. The molecule has 1 unspecified atom stereocenters. The third-order valence-electron chi connectivity index (χ3n) is 2.57. The minimum Gasteiger partial charge on any atom is -0.354 e. The Kier molecular flexibility index (Phi) is 4.24. The summed E-state index contributed by atoms with van der Waals surface area (Å²) in [5.74, 6) is -0.675. The molecule has 6 heteroatoms. The van der Waals surface area contributed by atoms with Crippen molar-refractivity contribution in [3.8, 4) is 6.07 Å². The molecule has 0 aliphatic heterocycles. The van der Waals surface area contributed by atoms with Crippen molar-refractivity contribution in [3.05, 3.63) is 48.1 Å². The molecule has 2 aromatic rings. The summed E-state index contributed by atoms with van der Waals surface area (Å²) in [5, 5.41) is 15.2. The summed E-state index contributed by atoms with van der Waals surface area (Å²) in [4.78, 5) is 15.7. The Bertz CT molecular complexity index is 560. The Morgan fingerprint density at radius 3 is 2.84 bits per heavy atom. The van der Waals surface area contributed by atoms with Gasteiger partial charge in [0.1, 0.15) is 5.92 Å². The quantitative estimate of drug-likeness (QED) is 0.862. The second kappa shape index (κ2) is 6.31. The van der Waals surface area contributed by atoms with Crippen molar-refractivity contribution in [2.24, 2.45) is 0 Å². The molecule has 96 valence electrons. The number of hydrogen-bond acceptors (Lipinski definition) is 5. The molecule has 2 rings (SSSR count). The number of amides is 1. The topological polar surface area (TPSA) is 91.8 Å². The Balaban J connectivity index is 1.89. The normalized spacial score (nSPS) is 11.5. The molecule has 0 radical (unpaired) electrons. The van der Waals surface area contributed by atoms with Crippen LogP contribution in [0.1, 0.15) is 17.4 Å². The van der Waals surface area contributed by atoms with Crippen molar-refractivity contribution >= 4 is 5.91 Å². The SMILES string of the molecule is N#CC(C(=O)NCCc1ncno1)c1ccccc1. The van der Waals surface area contributed by atoms with Crippen molar-refractivity contribution in [2.75, 3.05) is 6.54 Å². The van der Waals surface area contributed by atoms with Gasteiger partial charge >= 0.3 is 0 Å². The van der Waals surface area contributed by atoms with E-state index < -0.39 is 5.92 Å². The number of nitrogens with zero attached hydrogens (tertiary/aromatic N) is 3. The van der Waals surface area contributed by atoms with E-state index in [0.717, 1.165) is 0 Å². The average Bonchev–Trinajstić information content (AvgIpc) is 2.94. The Labute approximate surface area is 110 Å². The van der Waals surface area contributed by atoms with Crippen LogP contribution in [0.4, 0.5) is 0 Å². The second-order valence-corrected chi connectivity index (χ2v) is 3.85. The molecule has 0 saturated carbocycles. The zero-order chi connectivity index (χ0) is 13.5. The third kappa shape index (κ3) is 3.39. The molecule has 1 aromatic carbocycles. The first-order valence-corrected chi connectivity index (χ1v) is 5.79. The first-order valence-electron chi connectivity index (χ1n) is 5.79. The van der Waals surface area contributed by atoms with Crippen LogP contribution in [0.15, 0.2) is 41.2 Å². The fourth-order valence-corrected chi connectivity index (χ4v) is 1.63. The molecule has 19 heavy (non-hydrogen) atoms. The second-order valence-electron chi connectivity index (χ2n) is 3.85. The molecule has 0 bridgehead atoms. The molecule has 0 saturated heterocycles. The van der Waals surface area contributed by atoms with Crippen LogP contribution in [-0.2, 0) is 11.2 Å². The number of benzene rings is 1. The lowest BCUT2D eigenvalue weighted by Gasteiger charge is -2.09. The summed E-state index contributed by atoms with van der Waals surface area (Å²) in [6.45, 7) is 0.353. The lowest BCUT2D eigenvalue weighted by Crippen LogP contribution is -2.30.